The molecule has 0 spiro atoms. The fourth-order valence-corrected chi connectivity index (χ4v) is 6.30. The van der Waals surface area contributed by atoms with E-state index in [1.807, 2.05) is 6.92 Å². The average molecular weight is 440 g/mol. The molecule has 2 aromatic heterocycles. The van der Waals surface area contributed by atoms with Crippen LogP contribution >= 0.6 is 0 Å². The molecule has 0 bridgehead atoms. The summed E-state index contributed by atoms with van der Waals surface area (Å²) in [6.45, 7) is 8.38. The first kappa shape index (κ1) is 21.7. The number of aromatic nitrogens is 2. The standard InChI is InChI=1S/C24H29N3O3S/c1-16-8-5-6-9-21(16)13-20-12-17(2)25-23(14-20)22-10-7-11-27(15-22)31(28,29)24-18(3)26-30-19(24)4/h5-6,8-9,12,14,22H,7,10-11,13,15H2,1-4H3. The fraction of sp³-hybridized carbons (Fsp3) is 0.417. The van der Waals surface area contributed by atoms with Crippen LogP contribution in [0.4, 0.5) is 0 Å². The van der Waals surface area contributed by atoms with E-state index in [-0.39, 0.29) is 10.8 Å². The summed E-state index contributed by atoms with van der Waals surface area (Å²) in [5.74, 6) is 0.410. The van der Waals surface area contributed by atoms with E-state index >= 15 is 0 Å². The molecular formula is C24H29N3O3S. The second kappa shape index (κ2) is 8.55. The van der Waals surface area contributed by atoms with Gasteiger partial charge in [0.05, 0.1) is 0 Å². The van der Waals surface area contributed by atoms with Gasteiger partial charge < -0.3 is 4.52 Å². The molecule has 6 nitrogen and oxygen atoms in total. The van der Waals surface area contributed by atoms with Crippen molar-refractivity contribution in [2.24, 2.45) is 0 Å². The van der Waals surface area contributed by atoms with Crippen LogP contribution in [0.1, 0.15) is 58.3 Å². The van der Waals surface area contributed by atoms with Crippen LogP contribution in [0.2, 0.25) is 0 Å². The zero-order valence-electron chi connectivity index (χ0n) is 18.6. The maximum Gasteiger partial charge on any atom is 0.248 e. The maximum atomic E-state index is 13.3. The topological polar surface area (TPSA) is 76.3 Å². The fourth-order valence-electron chi connectivity index (χ4n) is 4.48. The maximum absolute atomic E-state index is 13.3. The van der Waals surface area contributed by atoms with Gasteiger partial charge in [-0.25, -0.2) is 8.42 Å². The van der Waals surface area contributed by atoms with Crippen LogP contribution in [0.3, 0.4) is 0 Å². The molecule has 0 amide bonds. The minimum Gasteiger partial charge on any atom is -0.360 e. The van der Waals surface area contributed by atoms with Gasteiger partial charge in [-0.3, -0.25) is 4.98 Å². The van der Waals surface area contributed by atoms with Crippen LogP contribution in [0.5, 0.6) is 0 Å². The molecule has 3 aromatic rings. The molecule has 0 saturated carbocycles. The molecule has 3 heterocycles. The van der Waals surface area contributed by atoms with E-state index < -0.39 is 10.0 Å². The van der Waals surface area contributed by atoms with Crippen molar-refractivity contribution in [1.82, 2.24) is 14.4 Å². The largest absolute Gasteiger partial charge is 0.360 e. The summed E-state index contributed by atoms with van der Waals surface area (Å²) in [5, 5.41) is 3.83. The van der Waals surface area contributed by atoms with Gasteiger partial charge in [0.2, 0.25) is 10.0 Å². The molecule has 1 unspecified atom stereocenters. The molecule has 1 fully saturated rings. The van der Waals surface area contributed by atoms with Crippen molar-refractivity contribution in [3.63, 3.8) is 0 Å². The van der Waals surface area contributed by atoms with Gasteiger partial charge in [0, 0.05) is 30.4 Å². The van der Waals surface area contributed by atoms with E-state index in [9.17, 15) is 8.42 Å². The molecule has 7 heteroatoms. The van der Waals surface area contributed by atoms with Gasteiger partial charge in [-0.1, -0.05) is 29.4 Å². The van der Waals surface area contributed by atoms with Crippen molar-refractivity contribution in [3.05, 3.63) is 75.9 Å². The summed E-state index contributed by atoms with van der Waals surface area (Å²) in [5.41, 5.74) is 6.13. The predicted molar refractivity (Wildman–Crippen MR) is 120 cm³/mol. The lowest BCUT2D eigenvalue weighted by molar-refractivity contribution is 0.311. The number of nitrogens with zero attached hydrogens (tertiary/aromatic N) is 3. The first-order valence-corrected chi connectivity index (χ1v) is 12.1. The Balaban J connectivity index is 1.60. The summed E-state index contributed by atoms with van der Waals surface area (Å²) in [4.78, 5) is 4.98. The molecule has 4 rings (SSSR count). The number of hydrogen-bond acceptors (Lipinski definition) is 5. The Bertz CT molecular complexity index is 1180. The summed E-state index contributed by atoms with van der Waals surface area (Å²) in [7, 11) is -3.65. The molecule has 0 aliphatic carbocycles. The first-order chi connectivity index (χ1) is 14.8. The van der Waals surface area contributed by atoms with Crippen molar-refractivity contribution < 1.29 is 12.9 Å². The Hall–Kier alpha value is -2.51. The molecule has 1 aliphatic heterocycles. The predicted octanol–water partition coefficient (Wildman–Crippen LogP) is 4.46. The second-order valence-corrected chi connectivity index (χ2v) is 10.4. The van der Waals surface area contributed by atoms with Gasteiger partial charge in [-0.15, -0.1) is 0 Å². The number of piperidine rings is 1. The van der Waals surface area contributed by atoms with Crippen LogP contribution < -0.4 is 0 Å². The van der Waals surface area contributed by atoms with E-state index in [1.54, 1.807) is 18.2 Å². The van der Waals surface area contributed by atoms with Gasteiger partial charge in [0.1, 0.15) is 10.6 Å². The van der Waals surface area contributed by atoms with Gasteiger partial charge >= 0.3 is 0 Å². The lowest BCUT2D eigenvalue weighted by atomic mass is 9.93. The Kier molecular flexibility index (Phi) is 5.99. The van der Waals surface area contributed by atoms with Gasteiger partial charge in [0.25, 0.3) is 0 Å². The number of rotatable bonds is 5. The Morgan fingerprint density at radius 3 is 2.61 bits per heavy atom. The lowest BCUT2D eigenvalue weighted by Crippen LogP contribution is -2.39. The van der Waals surface area contributed by atoms with E-state index in [4.69, 9.17) is 9.51 Å². The molecule has 31 heavy (non-hydrogen) atoms. The third-order valence-electron chi connectivity index (χ3n) is 6.06. The lowest BCUT2D eigenvalue weighted by Gasteiger charge is -2.31. The van der Waals surface area contributed by atoms with Crippen molar-refractivity contribution >= 4 is 10.0 Å². The van der Waals surface area contributed by atoms with E-state index in [0.29, 0.717) is 24.5 Å². The molecule has 1 atom stereocenters. The zero-order chi connectivity index (χ0) is 22.2. The van der Waals surface area contributed by atoms with E-state index in [2.05, 4.69) is 48.5 Å². The SMILES string of the molecule is Cc1cc(Cc2ccccc2C)cc(C2CCCN(S(=O)(=O)c3c(C)noc3C)C2)n1. The third kappa shape index (κ3) is 4.43. The second-order valence-electron chi connectivity index (χ2n) is 8.50. The highest BCUT2D eigenvalue weighted by atomic mass is 32.2. The highest BCUT2D eigenvalue weighted by Gasteiger charge is 2.35. The zero-order valence-corrected chi connectivity index (χ0v) is 19.4. The monoisotopic (exact) mass is 439 g/mol. The minimum absolute atomic E-state index is 0.0690. The summed E-state index contributed by atoms with van der Waals surface area (Å²) in [6, 6.07) is 12.7. The van der Waals surface area contributed by atoms with Crippen molar-refractivity contribution in [3.8, 4) is 0 Å². The van der Waals surface area contributed by atoms with Crippen LogP contribution in [0.15, 0.2) is 45.8 Å². The quantitative estimate of drug-likeness (QED) is 0.587. The van der Waals surface area contributed by atoms with Gasteiger partial charge in [-0.05, 0) is 75.8 Å². The van der Waals surface area contributed by atoms with Crippen LogP contribution in [0, 0.1) is 27.7 Å². The first-order valence-electron chi connectivity index (χ1n) is 10.7. The number of pyridine rings is 1. The van der Waals surface area contributed by atoms with Crippen molar-refractivity contribution in [2.45, 2.75) is 57.8 Å². The van der Waals surface area contributed by atoms with Crippen LogP contribution in [-0.2, 0) is 16.4 Å². The number of aryl methyl sites for hydroxylation is 4. The number of benzene rings is 1. The molecular weight excluding hydrogens is 410 g/mol. The molecule has 1 aromatic carbocycles. The summed E-state index contributed by atoms with van der Waals surface area (Å²) in [6.07, 6.45) is 2.57. The normalized spacial score (nSPS) is 17.7. The van der Waals surface area contributed by atoms with E-state index in [1.165, 1.54) is 16.7 Å². The Morgan fingerprint density at radius 1 is 1.13 bits per heavy atom. The summed E-state index contributed by atoms with van der Waals surface area (Å²) >= 11 is 0. The highest BCUT2D eigenvalue weighted by Crippen LogP contribution is 2.32. The third-order valence-corrected chi connectivity index (χ3v) is 8.17. The Morgan fingerprint density at radius 2 is 1.90 bits per heavy atom. The Labute approximate surface area is 184 Å². The number of sulfonamides is 1. The molecule has 1 saturated heterocycles. The number of hydrogen-bond donors (Lipinski definition) is 0. The van der Waals surface area contributed by atoms with Gasteiger partial charge in [0.15, 0.2) is 5.76 Å². The van der Waals surface area contributed by atoms with Gasteiger partial charge in [-0.2, -0.15) is 4.31 Å². The minimum atomic E-state index is -3.65. The average Bonchev–Trinajstić information content (AvgIpc) is 3.08. The van der Waals surface area contributed by atoms with Crippen LogP contribution in [-0.4, -0.2) is 36.0 Å². The van der Waals surface area contributed by atoms with E-state index in [0.717, 1.165) is 30.7 Å². The molecule has 0 radical (unpaired) electrons. The van der Waals surface area contributed by atoms with Crippen molar-refractivity contribution in [1.29, 1.82) is 0 Å². The molecule has 0 N–H and O–H groups in total. The van der Waals surface area contributed by atoms with Crippen LogP contribution in [0.25, 0.3) is 0 Å². The van der Waals surface area contributed by atoms with Crippen molar-refractivity contribution in [2.75, 3.05) is 13.1 Å². The highest BCUT2D eigenvalue weighted by molar-refractivity contribution is 7.89. The smallest absolute Gasteiger partial charge is 0.248 e. The summed E-state index contributed by atoms with van der Waals surface area (Å²) < 4.78 is 33.3. The molecule has 164 valence electrons. The molecule has 1 aliphatic rings.